The first-order valence-corrected chi connectivity index (χ1v) is 13.9. The van der Waals surface area contributed by atoms with Gasteiger partial charge in [-0.1, -0.05) is 29.0 Å². The number of aromatic nitrogens is 1. The number of fused-ring (bicyclic) bond motifs is 1. The van der Waals surface area contributed by atoms with Gasteiger partial charge in [0.25, 0.3) is 0 Å². The average Bonchev–Trinajstić information content (AvgIpc) is 3.57. The molecule has 0 radical (unpaired) electrons. The van der Waals surface area contributed by atoms with Gasteiger partial charge in [-0.25, -0.2) is 13.4 Å². The third-order valence-electron chi connectivity index (χ3n) is 6.12. The second-order valence-corrected chi connectivity index (χ2v) is 12.0. The van der Waals surface area contributed by atoms with Crippen LogP contribution in [0.15, 0.2) is 64.1 Å². The molecule has 2 aromatic carbocycles. The van der Waals surface area contributed by atoms with Crippen molar-refractivity contribution in [1.29, 1.82) is 0 Å². The summed E-state index contributed by atoms with van der Waals surface area (Å²) >= 11 is 7.37. The van der Waals surface area contributed by atoms with Crippen LogP contribution in [0.5, 0.6) is 0 Å². The van der Waals surface area contributed by atoms with Gasteiger partial charge in [0.05, 0.1) is 27.9 Å². The van der Waals surface area contributed by atoms with Crippen molar-refractivity contribution in [1.82, 2.24) is 9.29 Å². The molecule has 1 unspecified atom stereocenters. The molecule has 0 N–H and O–H groups in total. The van der Waals surface area contributed by atoms with E-state index in [-0.39, 0.29) is 23.9 Å². The highest BCUT2D eigenvalue weighted by molar-refractivity contribution is 7.89. The number of benzene rings is 2. The zero-order chi connectivity index (χ0) is 24.7. The van der Waals surface area contributed by atoms with Gasteiger partial charge in [0, 0.05) is 11.6 Å². The number of amides is 1. The Hall–Kier alpha value is -2.72. The van der Waals surface area contributed by atoms with E-state index in [2.05, 4.69) is 6.07 Å². The summed E-state index contributed by atoms with van der Waals surface area (Å²) in [6.45, 7) is 4.45. The van der Waals surface area contributed by atoms with Gasteiger partial charge in [0.15, 0.2) is 5.13 Å². The first kappa shape index (κ1) is 24.0. The number of furan rings is 1. The van der Waals surface area contributed by atoms with Gasteiger partial charge in [0.1, 0.15) is 11.8 Å². The van der Waals surface area contributed by atoms with Crippen molar-refractivity contribution in [3.63, 3.8) is 0 Å². The molecule has 1 fully saturated rings. The molecule has 5 rings (SSSR count). The van der Waals surface area contributed by atoms with Crippen LogP contribution >= 0.6 is 22.9 Å². The van der Waals surface area contributed by atoms with Crippen LogP contribution < -0.4 is 4.90 Å². The molecule has 1 aliphatic rings. The zero-order valence-electron chi connectivity index (χ0n) is 19.3. The number of carbonyl (C=O) groups excluding carboxylic acids is 1. The van der Waals surface area contributed by atoms with Gasteiger partial charge in [0.2, 0.25) is 15.9 Å². The molecule has 1 aliphatic heterocycles. The van der Waals surface area contributed by atoms with E-state index in [1.807, 2.05) is 19.9 Å². The lowest BCUT2D eigenvalue weighted by Gasteiger charge is -2.28. The third kappa shape index (κ3) is 4.61. The molecule has 35 heavy (non-hydrogen) atoms. The number of nitrogens with zero attached hydrogens (tertiary/aromatic N) is 3. The Labute approximate surface area is 213 Å². The van der Waals surface area contributed by atoms with E-state index in [1.165, 1.54) is 39.9 Å². The van der Waals surface area contributed by atoms with Crippen LogP contribution in [-0.4, -0.2) is 36.2 Å². The SMILES string of the molecule is Cc1cc(C)c2nc(N(Cc3ccco3)C(=O)C3CCCN3S(=O)(=O)c3ccc(Cl)cc3)sc2c1. The number of sulfonamides is 1. The average molecular weight is 530 g/mol. The van der Waals surface area contributed by atoms with E-state index in [1.54, 1.807) is 23.3 Å². The molecule has 0 spiro atoms. The molecular weight excluding hydrogens is 506 g/mol. The molecule has 1 saturated heterocycles. The highest BCUT2D eigenvalue weighted by Crippen LogP contribution is 2.35. The van der Waals surface area contributed by atoms with E-state index < -0.39 is 16.1 Å². The summed E-state index contributed by atoms with van der Waals surface area (Å²) in [6, 6.07) is 12.8. The smallest absolute Gasteiger partial charge is 0.247 e. The standard InChI is InChI=1S/C25H24ClN3O4S2/c1-16-13-17(2)23-22(14-16)34-25(27-23)28(15-19-5-4-12-33-19)24(30)21-6-3-11-29(21)35(31,32)20-9-7-18(26)8-10-20/h4-5,7-10,12-14,21H,3,6,11,15H2,1-2H3. The van der Waals surface area contributed by atoms with Crippen molar-refractivity contribution < 1.29 is 17.6 Å². The van der Waals surface area contributed by atoms with Crippen LogP contribution in [0, 0.1) is 13.8 Å². The highest BCUT2D eigenvalue weighted by atomic mass is 35.5. The first-order valence-electron chi connectivity index (χ1n) is 11.2. The van der Waals surface area contributed by atoms with Crippen molar-refractivity contribution in [2.45, 2.75) is 44.2 Å². The van der Waals surface area contributed by atoms with Crippen molar-refractivity contribution in [3.8, 4) is 0 Å². The van der Waals surface area contributed by atoms with Gasteiger partial charge in [-0.2, -0.15) is 4.31 Å². The van der Waals surface area contributed by atoms with Crippen molar-refractivity contribution in [3.05, 3.63) is 76.7 Å². The Morgan fingerprint density at radius 3 is 2.71 bits per heavy atom. The van der Waals surface area contributed by atoms with Crippen molar-refractivity contribution in [2.24, 2.45) is 0 Å². The Morgan fingerprint density at radius 1 is 1.23 bits per heavy atom. The molecule has 2 aromatic heterocycles. The Bertz CT molecular complexity index is 1480. The molecule has 1 atom stereocenters. The third-order valence-corrected chi connectivity index (χ3v) is 9.32. The summed E-state index contributed by atoms with van der Waals surface area (Å²) in [6.07, 6.45) is 2.58. The van der Waals surface area contributed by atoms with Crippen LogP contribution in [0.4, 0.5) is 5.13 Å². The number of thiazole rings is 1. The maximum absolute atomic E-state index is 14.0. The quantitative estimate of drug-likeness (QED) is 0.327. The lowest BCUT2D eigenvalue weighted by Crippen LogP contribution is -2.47. The number of halogens is 1. The molecule has 0 saturated carbocycles. The lowest BCUT2D eigenvalue weighted by molar-refractivity contribution is -0.121. The molecule has 1 amide bonds. The Balaban J connectivity index is 1.53. The molecule has 10 heteroatoms. The summed E-state index contributed by atoms with van der Waals surface area (Å²) in [5.41, 5.74) is 2.98. The summed E-state index contributed by atoms with van der Waals surface area (Å²) in [4.78, 5) is 20.4. The minimum atomic E-state index is -3.88. The fourth-order valence-electron chi connectivity index (χ4n) is 4.47. The molecular formula is C25H24ClN3O4S2. The van der Waals surface area contributed by atoms with Gasteiger partial charge in [-0.3, -0.25) is 9.69 Å². The second-order valence-electron chi connectivity index (χ2n) is 8.66. The van der Waals surface area contributed by atoms with Crippen LogP contribution in [0.25, 0.3) is 10.2 Å². The molecule has 182 valence electrons. The molecule has 0 aliphatic carbocycles. The van der Waals surface area contributed by atoms with Crippen molar-refractivity contribution >= 4 is 54.2 Å². The van der Waals surface area contributed by atoms with E-state index in [4.69, 9.17) is 21.0 Å². The minimum Gasteiger partial charge on any atom is -0.467 e. The Kier molecular flexibility index (Phi) is 6.43. The molecule has 4 aromatic rings. The summed E-state index contributed by atoms with van der Waals surface area (Å²) in [5, 5.41) is 0.967. The van der Waals surface area contributed by atoms with Crippen LogP contribution in [0.2, 0.25) is 5.02 Å². The maximum atomic E-state index is 14.0. The van der Waals surface area contributed by atoms with Crippen LogP contribution in [-0.2, 0) is 21.4 Å². The monoisotopic (exact) mass is 529 g/mol. The van der Waals surface area contributed by atoms with Gasteiger partial charge >= 0.3 is 0 Å². The predicted octanol–water partition coefficient (Wildman–Crippen LogP) is 5.55. The largest absolute Gasteiger partial charge is 0.467 e. The van der Waals surface area contributed by atoms with Gasteiger partial charge < -0.3 is 4.42 Å². The summed E-state index contributed by atoms with van der Waals surface area (Å²) in [5.74, 6) is 0.278. The predicted molar refractivity (Wildman–Crippen MR) is 137 cm³/mol. The number of hydrogen-bond acceptors (Lipinski definition) is 6. The number of hydrogen-bond donors (Lipinski definition) is 0. The number of rotatable bonds is 6. The van der Waals surface area contributed by atoms with E-state index in [9.17, 15) is 13.2 Å². The topological polar surface area (TPSA) is 83.7 Å². The second kappa shape index (κ2) is 9.39. The number of aryl methyl sites for hydroxylation is 2. The highest BCUT2D eigenvalue weighted by Gasteiger charge is 2.42. The molecule has 7 nitrogen and oxygen atoms in total. The number of anilines is 1. The maximum Gasteiger partial charge on any atom is 0.247 e. The summed E-state index contributed by atoms with van der Waals surface area (Å²) in [7, 11) is -3.88. The minimum absolute atomic E-state index is 0.116. The van der Waals surface area contributed by atoms with E-state index >= 15 is 0 Å². The van der Waals surface area contributed by atoms with Gasteiger partial charge in [-0.05, 0) is 80.3 Å². The van der Waals surface area contributed by atoms with Crippen LogP contribution in [0.1, 0.15) is 29.7 Å². The normalized spacial score (nSPS) is 16.7. The van der Waals surface area contributed by atoms with Gasteiger partial charge in [-0.15, -0.1) is 0 Å². The zero-order valence-corrected chi connectivity index (χ0v) is 21.7. The fourth-order valence-corrected chi connectivity index (χ4v) is 7.39. The molecule has 0 bridgehead atoms. The van der Waals surface area contributed by atoms with E-state index in [0.717, 1.165) is 21.3 Å². The van der Waals surface area contributed by atoms with E-state index in [0.29, 0.717) is 28.8 Å². The lowest BCUT2D eigenvalue weighted by atomic mass is 10.1. The summed E-state index contributed by atoms with van der Waals surface area (Å²) < 4.78 is 34.7. The number of carbonyl (C=O) groups is 1. The van der Waals surface area contributed by atoms with Crippen molar-refractivity contribution in [2.75, 3.05) is 11.4 Å². The molecule has 3 heterocycles. The Morgan fingerprint density at radius 2 is 2.00 bits per heavy atom. The van der Waals surface area contributed by atoms with Crippen LogP contribution in [0.3, 0.4) is 0 Å². The fraction of sp³-hybridized carbons (Fsp3) is 0.280. The first-order chi connectivity index (χ1) is 16.7.